The lowest BCUT2D eigenvalue weighted by Gasteiger charge is -2.33. The van der Waals surface area contributed by atoms with E-state index < -0.39 is 65.0 Å². The number of amides is 2. The quantitative estimate of drug-likeness (QED) is 0.385. The van der Waals surface area contributed by atoms with Gasteiger partial charge in [0.2, 0.25) is 0 Å². The standard InChI is InChI=1S/C25H23ClF5N3O4/c1-11-8-12(25(29,30)31)9-16(32-11)34-19(20-21(23(34)36)38-24(2,3)37-20)22(35)33-7-5-4-6-13-17(26)14(27)10-15(28)18(13)33/h8-10,19-21H,4-7H2,1-3H3/t19-,20-,21-/m0/s1. The number of carbonyl (C=O) groups excluding carboxylic acids is 2. The van der Waals surface area contributed by atoms with Crippen molar-refractivity contribution in [2.45, 2.75) is 70.2 Å². The van der Waals surface area contributed by atoms with Crippen molar-refractivity contribution < 1.29 is 41.0 Å². The number of rotatable bonds is 2. The molecule has 0 bridgehead atoms. The first-order valence-corrected chi connectivity index (χ1v) is 12.3. The number of halogens is 6. The number of pyridine rings is 1. The van der Waals surface area contributed by atoms with Gasteiger partial charge in [0.1, 0.15) is 29.6 Å². The highest BCUT2D eigenvalue weighted by Gasteiger charge is 2.61. The second kappa shape index (κ2) is 9.13. The van der Waals surface area contributed by atoms with Crippen LogP contribution in [0.15, 0.2) is 18.2 Å². The highest BCUT2D eigenvalue weighted by atomic mass is 35.5. The summed E-state index contributed by atoms with van der Waals surface area (Å²) in [6.45, 7) is 4.38. The zero-order chi connectivity index (χ0) is 27.7. The molecule has 0 unspecified atom stereocenters. The normalized spacial score (nSPS) is 24.9. The summed E-state index contributed by atoms with van der Waals surface area (Å²) < 4.78 is 81.8. The molecule has 7 nitrogen and oxygen atoms in total. The van der Waals surface area contributed by atoms with Gasteiger partial charge >= 0.3 is 6.18 Å². The third-order valence-corrected chi connectivity index (χ3v) is 7.21. The summed E-state index contributed by atoms with van der Waals surface area (Å²) in [6, 6.07) is 0.511. The molecule has 38 heavy (non-hydrogen) atoms. The van der Waals surface area contributed by atoms with Crippen LogP contribution in [0.25, 0.3) is 0 Å². The van der Waals surface area contributed by atoms with Crippen molar-refractivity contribution in [2.75, 3.05) is 16.3 Å². The molecule has 5 rings (SSSR count). The van der Waals surface area contributed by atoms with Crippen LogP contribution >= 0.6 is 11.6 Å². The Morgan fingerprint density at radius 2 is 1.84 bits per heavy atom. The van der Waals surface area contributed by atoms with Crippen LogP contribution < -0.4 is 9.80 Å². The first kappa shape index (κ1) is 26.8. The van der Waals surface area contributed by atoms with Crippen LogP contribution in [0, 0.1) is 18.6 Å². The Bertz CT molecular complexity index is 1340. The van der Waals surface area contributed by atoms with Gasteiger partial charge in [-0.3, -0.25) is 14.5 Å². The molecular weight excluding hydrogens is 537 g/mol. The van der Waals surface area contributed by atoms with Gasteiger partial charge in [-0.1, -0.05) is 11.6 Å². The molecule has 0 radical (unpaired) electrons. The van der Waals surface area contributed by atoms with E-state index in [2.05, 4.69) is 4.98 Å². The van der Waals surface area contributed by atoms with Crippen LogP contribution in [0.3, 0.4) is 0 Å². The van der Waals surface area contributed by atoms with Crippen molar-refractivity contribution in [3.05, 3.63) is 51.7 Å². The smallest absolute Gasteiger partial charge is 0.341 e. The van der Waals surface area contributed by atoms with Crippen molar-refractivity contribution in [1.29, 1.82) is 0 Å². The second-order valence-electron chi connectivity index (χ2n) is 9.96. The molecule has 0 N–H and O–H groups in total. The molecular formula is C25H23ClF5N3O4. The van der Waals surface area contributed by atoms with Crippen molar-refractivity contribution in [2.24, 2.45) is 0 Å². The van der Waals surface area contributed by atoms with E-state index in [0.717, 1.165) is 15.9 Å². The first-order valence-electron chi connectivity index (χ1n) is 11.9. The summed E-state index contributed by atoms with van der Waals surface area (Å²) in [6.07, 6.45) is -6.22. The second-order valence-corrected chi connectivity index (χ2v) is 10.3. The molecule has 3 aliphatic heterocycles. The van der Waals surface area contributed by atoms with Gasteiger partial charge in [0.15, 0.2) is 11.9 Å². The zero-order valence-electron chi connectivity index (χ0n) is 20.5. The molecule has 3 atom stereocenters. The van der Waals surface area contributed by atoms with E-state index >= 15 is 4.39 Å². The van der Waals surface area contributed by atoms with E-state index in [9.17, 15) is 27.2 Å². The van der Waals surface area contributed by atoms with Crippen LogP contribution in [0.4, 0.5) is 33.5 Å². The maximum atomic E-state index is 15.1. The number of hydrogen-bond donors (Lipinski definition) is 0. The van der Waals surface area contributed by atoms with Crippen molar-refractivity contribution in [3.63, 3.8) is 0 Å². The molecule has 2 fully saturated rings. The minimum Gasteiger partial charge on any atom is -0.341 e. The number of nitrogens with zero attached hydrogens (tertiary/aromatic N) is 3. The number of alkyl halides is 3. The largest absolute Gasteiger partial charge is 0.416 e. The third-order valence-electron chi connectivity index (χ3n) is 6.80. The Labute approximate surface area is 219 Å². The summed E-state index contributed by atoms with van der Waals surface area (Å²) in [5.74, 6) is -5.37. The van der Waals surface area contributed by atoms with Crippen LogP contribution in [-0.2, 0) is 31.7 Å². The SMILES string of the molecule is Cc1cc(C(F)(F)F)cc(N2C(=O)[C@H]3OC(C)(C)O[C@H]3[C@H]2C(=O)N2CCCCc3c(Cl)c(F)cc(F)c32)n1. The maximum Gasteiger partial charge on any atom is 0.416 e. The Balaban J connectivity index is 1.65. The summed E-state index contributed by atoms with van der Waals surface area (Å²) in [5.41, 5.74) is -1.24. The lowest BCUT2D eigenvalue weighted by Crippen LogP contribution is -2.53. The number of ether oxygens (including phenoxy) is 2. The molecule has 2 aromatic rings. The zero-order valence-corrected chi connectivity index (χ0v) is 21.3. The third kappa shape index (κ3) is 4.42. The molecule has 1 aromatic heterocycles. The molecule has 3 aliphatic rings. The molecule has 13 heteroatoms. The van der Waals surface area contributed by atoms with Gasteiger partial charge in [-0.25, -0.2) is 13.8 Å². The Kier molecular flexibility index (Phi) is 6.43. The van der Waals surface area contributed by atoms with Gasteiger partial charge < -0.3 is 14.4 Å². The fraction of sp³-hybridized carbons (Fsp3) is 0.480. The van der Waals surface area contributed by atoms with E-state index in [1.807, 2.05) is 0 Å². The van der Waals surface area contributed by atoms with E-state index in [1.54, 1.807) is 0 Å². The molecule has 2 amide bonds. The average molecular weight is 560 g/mol. The predicted molar refractivity (Wildman–Crippen MR) is 126 cm³/mol. The van der Waals surface area contributed by atoms with E-state index in [4.69, 9.17) is 21.1 Å². The lowest BCUT2D eigenvalue weighted by atomic mass is 10.0. The number of anilines is 2. The van der Waals surface area contributed by atoms with Crippen LogP contribution in [0.2, 0.25) is 5.02 Å². The van der Waals surface area contributed by atoms with Gasteiger partial charge in [-0.2, -0.15) is 13.2 Å². The summed E-state index contributed by atoms with van der Waals surface area (Å²) in [5, 5.41) is -0.324. The minimum atomic E-state index is -4.75. The monoisotopic (exact) mass is 559 g/mol. The Morgan fingerprint density at radius 1 is 1.13 bits per heavy atom. The number of aromatic nitrogens is 1. The van der Waals surface area contributed by atoms with Crippen molar-refractivity contribution >= 4 is 34.9 Å². The maximum absolute atomic E-state index is 15.1. The van der Waals surface area contributed by atoms with Crippen LogP contribution in [0.1, 0.15) is 43.5 Å². The van der Waals surface area contributed by atoms with Crippen molar-refractivity contribution in [1.82, 2.24) is 4.98 Å². The van der Waals surface area contributed by atoms with E-state index in [0.29, 0.717) is 25.0 Å². The van der Waals surface area contributed by atoms with Crippen molar-refractivity contribution in [3.8, 4) is 0 Å². The van der Waals surface area contributed by atoms with Gasteiger partial charge in [0.25, 0.3) is 11.8 Å². The minimum absolute atomic E-state index is 0.0000705. The van der Waals surface area contributed by atoms with E-state index in [1.165, 1.54) is 20.8 Å². The highest BCUT2D eigenvalue weighted by molar-refractivity contribution is 6.32. The average Bonchev–Trinajstić information content (AvgIpc) is 3.14. The predicted octanol–water partition coefficient (Wildman–Crippen LogP) is 4.95. The molecule has 0 aliphatic carbocycles. The summed E-state index contributed by atoms with van der Waals surface area (Å²) in [4.78, 5) is 33.7. The van der Waals surface area contributed by atoms with Crippen LogP contribution in [0.5, 0.6) is 0 Å². The molecule has 0 saturated carbocycles. The number of benzene rings is 1. The number of hydrogen-bond acceptors (Lipinski definition) is 5. The van der Waals surface area contributed by atoms with E-state index in [-0.39, 0.29) is 34.9 Å². The van der Waals surface area contributed by atoms with Gasteiger partial charge in [0.05, 0.1) is 16.3 Å². The Morgan fingerprint density at radius 3 is 2.53 bits per heavy atom. The van der Waals surface area contributed by atoms with Gasteiger partial charge in [0, 0.05) is 23.9 Å². The molecule has 0 spiro atoms. The number of fused-ring (bicyclic) bond motifs is 2. The van der Waals surface area contributed by atoms with Gasteiger partial charge in [-0.15, -0.1) is 0 Å². The summed E-state index contributed by atoms with van der Waals surface area (Å²) in [7, 11) is 0. The molecule has 2 saturated heterocycles. The lowest BCUT2D eigenvalue weighted by molar-refractivity contribution is -0.161. The molecule has 4 heterocycles. The Hall–Kier alpha value is -2.83. The van der Waals surface area contributed by atoms with Crippen LogP contribution in [-0.4, -0.2) is 47.4 Å². The summed E-state index contributed by atoms with van der Waals surface area (Å²) >= 11 is 6.13. The van der Waals surface area contributed by atoms with Gasteiger partial charge in [-0.05, 0) is 52.2 Å². The number of carbonyl (C=O) groups is 2. The first-order chi connectivity index (χ1) is 17.7. The fourth-order valence-corrected chi connectivity index (χ4v) is 5.53. The molecule has 204 valence electrons. The highest BCUT2D eigenvalue weighted by Crippen LogP contribution is 2.43. The fourth-order valence-electron chi connectivity index (χ4n) is 5.30. The topological polar surface area (TPSA) is 72.0 Å². The number of aryl methyl sites for hydroxylation is 1. The molecule has 1 aromatic carbocycles.